The van der Waals surface area contributed by atoms with Crippen LogP contribution >= 0.6 is 11.3 Å². The summed E-state index contributed by atoms with van der Waals surface area (Å²) in [5, 5.41) is 4.15. The molecule has 1 amide bonds. The van der Waals surface area contributed by atoms with Crippen molar-refractivity contribution in [3.8, 4) is 5.75 Å². The lowest BCUT2D eigenvalue weighted by atomic mass is 10.2. The van der Waals surface area contributed by atoms with E-state index in [1.54, 1.807) is 11.3 Å². The number of aromatic nitrogens is 1. The van der Waals surface area contributed by atoms with Crippen LogP contribution in [0.3, 0.4) is 0 Å². The number of fused-ring (bicyclic) bond motifs is 1. The zero-order valence-corrected chi connectivity index (χ0v) is 19.6. The Morgan fingerprint density at radius 1 is 1.06 bits per heavy atom. The molecule has 1 N–H and O–H groups in total. The molecule has 1 saturated heterocycles. The van der Waals surface area contributed by atoms with Crippen LogP contribution in [0.5, 0.6) is 5.75 Å². The maximum Gasteiger partial charge on any atom is 0.251 e. The van der Waals surface area contributed by atoms with E-state index in [9.17, 15) is 4.79 Å². The first kappa shape index (κ1) is 22.6. The number of nitrogens with one attached hydrogen (secondary N) is 1. The lowest BCUT2D eigenvalue weighted by Crippen LogP contribution is -2.48. The zero-order chi connectivity index (χ0) is 22.2. The van der Waals surface area contributed by atoms with E-state index < -0.39 is 0 Å². The molecule has 0 bridgehead atoms. The molecule has 3 aromatic rings. The number of unbranched alkanes of at least 4 members (excludes halogenated alkanes) is 2. The number of piperazine rings is 1. The summed E-state index contributed by atoms with van der Waals surface area (Å²) in [5.41, 5.74) is 1.75. The van der Waals surface area contributed by atoms with Gasteiger partial charge in [-0.15, -0.1) is 0 Å². The smallest absolute Gasteiger partial charge is 0.251 e. The predicted octanol–water partition coefficient (Wildman–Crippen LogP) is 4.42. The molecule has 1 aromatic heterocycles. The van der Waals surface area contributed by atoms with Crippen LogP contribution < -0.4 is 15.0 Å². The molecule has 0 atom stereocenters. The van der Waals surface area contributed by atoms with E-state index in [0.29, 0.717) is 12.1 Å². The topological polar surface area (TPSA) is 57.7 Å². The van der Waals surface area contributed by atoms with E-state index in [4.69, 9.17) is 9.72 Å². The maximum absolute atomic E-state index is 12.4. The summed E-state index contributed by atoms with van der Waals surface area (Å²) in [5.74, 6) is 0.791. The molecule has 0 saturated carbocycles. The molecule has 1 fully saturated rings. The molecule has 1 aliphatic heterocycles. The Labute approximate surface area is 194 Å². The molecular weight excluding hydrogens is 420 g/mol. The summed E-state index contributed by atoms with van der Waals surface area (Å²) in [6.07, 6.45) is 3.42. The number of rotatable bonds is 10. The Morgan fingerprint density at radius 3 is 2.59 bits per heavy atom. The quantitative estimate of drug-likeness (QED) is 0.462. The van der Waals surface area contributed by atoms with Crippen LogP contribution in [0, 0.1) is 0 Å². The third-order valence-corrected chi connectivity index (χ3v) is 6.87. The van der Waals surface area contributed by atoms with Gasteiger partial charge in [-0.3, -0.25) is 9.69 Å². The second-order valence-electron chi connectivity index (χ2n) is 8.13. The van der Waals surface area contributed by atoms with Crippen LogP contribution in [-0.4, -0.2) is 61.7 Å². The van der Waals surface area contributed by atoms with E-state index in [1.165, 1.54) is 17.5 Å². The van der Waals surface area contributed by atoms with Gasteiger partial charge in [0, 0.05) is 44.8 Å². The summed E-state index contributed by atoms with van der Waals surface area (Å²) in [7, 11) is 0. The summed E-state index contributed by atoms with van der Waals surface area (Å²) in [6, 6.07) is 15.7. The fourth-order valence-electron chi connectivity index (χ4n) is 3.83. The number of nitrogens with zero attached hydrogens (tertiary/aromatic N) is 3. The van der Waals surface area contributed by atoms with Crippen LogP contribution in [-0.2, 0) is 0 Å². The maximum atomic E-state index is 12.4. The molecule has 4 rings (SSSR count). The Kier molecular flexibility index (Phi) is 7.96. The predicted molar refractivity (Wildman–Crippen MR) is 132 cm³/mol. The number of thiazole rings is 1. The molecule has 170 valence electrons. The fourth-order valence-corrected chi connectivity index (χ4v) is 4.85. The minimum absolute atomic E-state index is 0.0318. The van der Waals surface area contributed by atoms with Gasteiger partial charge in [0.25, 0.3) is 5.91 Å². The highest BCUT2D eigenvalue weighted by Crippen LogP contribution is 2.29. The molecule has 1 aliphatic rings. The van der Waals surface area contributed by atoms with Crippen molar-refractivity contribution in [2.24, 2.45) is 0 Å². The fraction of sp³-hybridized carbons (Fsp3) is 0.440. The second-order valence-corrected chi connectivity index (χ2v) is 9.14. The third-order valence-electron chi connectivity index (χ3n) is 5.77. The van der Waals surface area contributed by atoms with Gasteiger partial charge < -0.3 is 15.0 Å². The van der Waals surface area contributed by atoms with E-state index in [-0.39, 0.29) is 5.91 Å². The highest BCUT2D eigenvalue weighted by atomic mass is 32.1. The van der Waals surface area contributed by atoms with Gasteiger partial charge in [0.05, 0.1) is 16.8 Å². The van der Waals surface area contributed by atoms with Crippen molar-refractivity contribution in [2.45, 2.75) is 26.2 Å². The average Bonchev–Trinajstić information content (AvgIpc) is 3.27. The van der Waals surface area contributed by atoms with E-state index in [1.807, 2.05) is 30.3 Å². The number of benzene rings is 2. The standard InChI is InChI=1S/C25H32N4O2S/c1-2-3-6-19-31-21-11-9-20(10-12-21)24(30)26-13-14-28-15-17-29(18-16-28)25-27-22-7-4-5-8-23(22)32-25/h4-5,7-12H,2-3,6,13-19H2,1H3,(H,26,30). The summed E-state index contributed by atoms with van der Waals surface area (Å²) in [4.78, 5) is 22.0. The zero-order valence-electron chi connectivity index (χ0n) is 18.8. The summed E-state index contributed by atoms with van der Waals surface area (Å²) >= 11 is 1.76. The number of carbonyl (C=O) groups is 1. The lowest BCUT2D eigenvalue weighted by molar-refractivity contribution is 0.0947. The van der Waals surface area contributed by atoms with Crippen LogP contribution in [0.1, 0.15) is 36.5 Å². The second kappa shape index (κ2) is 11.3. The Hall–Kier alpha value is -2.64. The number of carbonyl (C=O) groups excluding carboxylic acids is 1. The van der Waals surface area contributed by atoms with Crippen molar-refractivity contribution >= 4 is 32.6 Å². The minimum Gasteiger partial charge on any atom is -0.494 e. The molecule has 7 heteroatoms. The van der Waals surface area contributed by atoms with Crippen LogP contribution in [0.2, 0.25) is 0 Å². The van der Waals surface area contributed by atoms with Gasteiger partial charge >= 0.3 is 0 Å². The molecule has 0 aliphatic carbocycles. The van der Waals surface area contributed by atoms with E-state index in [0.717, 1.165) is 62.1 Å². The highest BCUT2D eigenvalue weighted by Gasteiger charge is 2.19. The van der Waals surface area contributed by atoms with Gasteiger partial charge in [-0.1, -0.05) is 43.2 Å². The number of amides is 1. The van der Waals surface area contributed by atoms with Crippen molar-refractivity contribution in [3.05, 3.63) is 54.1 Å². The number of ether oxygens (including phenoxy) is 1. The summed E-state index contributed by atoms with van der Waals surface area (Å²) < 4.78 is 6.95. The molecular formula is C25H32N4O2S. The molecule has 2 heterocycles. The van der Waals surface area contributed by atoms with Crippen molar-refractivity contribution in [1.82, 2.24) is 15.2 Å². The molecule has 0 unspecified atom stereocenters. The van der Waals surface area contributed by atoms with Gasteiger partial charge in [0.15, 0.2) is 5.13 Å². The van der Waals surface area contributed by atoms with Crippen LogP contribution in [0.25, 0.3) is 10.2 Å². The molecule has 0 spiro atoms. The van der Waals surface area contributed by atoms with Crippen LogP contribution in [0.4, 0.5) is 5.13 Å². The van der Waals surface area contributed by atoms with Crippen LogP contribution in [0.15, 0.2) is 48.5 Å². The van der Waals surface area contributed by atoms with Crippen molar-refractivity contribution in [3.63, 3.8) is 0 Å². The number of para-hydroxylation sites is 1. The first-order chi connectivity index (χ1) is 15.7. The Morgan fingerprint density at radius 2 is 1.84 bits per heavy atom. The van der Waals surface area contributed by atoms with Crippen molar-refractivity contribution in [2.75, 3.05) is 50.8 Å². The average molecular weight is 453 g/mol. The summed E-state index contributed by atoms with van der Waals surface area (Å²) in [6.45, 7) is 8.31. The molecule has 0 radical (unpaired) electrons. The molecule has 2 aromatic carbocycles. The van der Waals surface area contributed by atoms with E-state index >= 15 is 0 Å². The van der Waals surface area contributed by atoms with Gasteiger partial charge in [-0.2, -0.15) is 0 Å². The minimum atomic E-state index is -0.0318. The van der Waals surface area contributed by atoms with E-state index in [2.05, 4.69) is 40.2 Å². The number of hydrogen-bond acceptors (Lipinski definition) is 6. The highest BCUT2D eigenvalue weighted by molar-refractivity contribution is 7.22. The third kappa shape index (κ3) is 5.99. The molecule has 32 heavy (non-hydrogen) atoms. The lowest BCUT2D eigenvalue weighted by Gasteiger charge is -2.34. The number of anilines is 1. The normalized spacial score (nSPS) is 14.6. The largest absolute Gasteiger partial charge is 0.494 e. The van der Waals surface area contributed by atoms with Gasteiger partial charge in [-0.25, -0.2) is 4.98 Å². The van der Waals surface area contributed by atoms with Gasteiger partial charge in [-0.05, 0) is 42.8 Å². The number of hydrogen-bond donors (Lipinski definition) is 1. The molecule has 6 nitrogen and oxygen atoms in total. The first-order valence-electron chi connectivity index (χ1n) is 11.6. The van der Waals surface area contributed by atoms with Crippen molar-refractivity contribution in [1.29, 1.82) is 0 Å². The monoisotopic (exact) mass is 452 g/mol. The van der Waals surface area contributed by atoms with Crippen molar-refractivity contribution < 1.29 is 9.53 Å². The SMILES string of the molecule is CCCCCOc1ccc(C(=O)NCCN2CCN(c3nc4ccccc4s3)CC2)cc1. The Bertz CT molecular complexity index is 964. The Balaban J connectivity index is 1.16. The van der Waals surface area contributed by atoms with Gasteiger partial charge in [0.2, 0.25) is 0 Å². The first-order valence-corrected chi connectivity index (χ1v) is 12.4. The van der Waals surface area contributed by atoms with Gasteiger partial charge in [0.1, 0.15) is 5.75 Å².